The molecule has 0 saturated heterocycles. The highest BCUT2D eigenvalue weighted by molar-refractivity contribution is 5.81. The topological polar surface area (TPSA) is 92.2 Å². The van der Waals surface area contributed by atoms with Gasteiger partial charge in [-0.25, -0.2) is 9.67 Å². The lowest BCUT2D eigenvalue weighted by molar-refractivity contribution is 0.177. The fourth-order valence-electron chi connectivity index (χ4n) is 3.46. The van der Waals surface area contributed by atoms with Crippen LogP contribution in [0.3, 0.4) is 0 Å². The largest absolute Gasteiger partial charge is 0.377 e. The summed E-state index contributed by atoms with van der Waals surface area (Å²) in [5, 5.41) is 12.6. The second kappa shape index (κ2) is 7.79. The van der Waals surface area contributed by atoms with Crippen LogP contribution in [-0.4, -0.2) is 45.9 Å². The molecule has 3 aromatic rings. The van der Waals surface area contributed by atoms with Crippen molar-refractivity contribution in [3.63, 3.8) is 0 Å². The Morgan fingerprint density at radius 2 is 2.30 bits per heavy atom. The predicted octanol–water partition coefficient (Wildman–Crippen LogP) is 1.59. The number of aliphatic imine (C=N–C) groups is 1. The quantitative estimate of drug-likeness (QED) is 0.470. The van der Waals surface area contributed by atoms with Crippen LogP contribution in [0.15, 0.2) is 35.3 Å². The van der Waals surface area contributed by atoms with Crippen LogP contribution in [0, 0.1) is 0 Å². The number of aryl methyl sites for hydroxylation is 1. The van der Waals surface area contributed by atoms with E-state index in [1.54, 1.807) is 14.2 Å². The van der Waals surface area contributed by atoms with Gasteiger partial charge in [-0.15, -0.1) is 0 Å². The van der Waals surface area contributed by atoms with Gasteiger partial charge in [-0.1, -0.05) is 18.2 Å². The van der Waals surface area contributed by atoms with Crippen LogP contribution in [0.4, 0.5) is 0 Å². The number of benzene rings is 1. The van der Waals surface area contributed by atoms with Crippen LogP contribution in [0.2, 0.25) is 0 Å². The summed E-state index contributed by atoms with van der Waals surface area (Å²) < 4.78 is 7.10. The first kappa shape index (κ1) is 17.5. The zero-order valence-electron chi connectivity index (χ0n) is 15.7. The third kappa shape index (κ3) is 3.95. The molecule has 0 radical (unpaired) electrons. The zero-order valence-corrected chi connectivity index (χ0v) is 15.7. The number of para-hydroxylation sites is 1. The summed E-state index contributed by atoms with van der Waals surface area (Å²) in [4.78, 5) is 12.3. The number of ether oxygens (including phenoxy) is 1. The van der Waals surface area contributed by atoms with E-state index in [1.165, 1.54) is 5.39 Å². The van der Waals surface area contributed by atoms with Crippen molar-refractivity contribution in [3.8, 4) is 0 Å². The van der Waals surface area contributed by atoms with Gasteiger partial charge in [-0.2, -0.15) is 5.10 Å². The van der Waals surface area contributed by atoms with Crippen molar-refractivity contribution in [1.29, 1.82) is 0 Å². The maximum atomic E-state index is 5.12. The fourth-order valence-corrected chi connectivity index (χ4v) is 3.46. The molecule has 0 aliphatic carbocycles. The molecule has 0 amide bonds. The van der Waals surface area contributed by atoms with Crippen LogP contribution >= 0.6 is 0 Å². The van der Waals surface area contributed by atoms with Crippen molar-refractivity contribution in [2.45, 2.75) is 38.6 Å². The van der Waals surface area contributed by atoms with E-state index in [2.05, 4.69) is 48.9 Å². The van der Waals surface area contributed by atoms with Gasteiger partial charge in [0.2, 0.25) is 0 Å². The monoisotopic (exact) mass is 367 g/mol. The number of fused-ring (bicyclic) bond motifs is 2. The molecule has 27 heavy (non-hydrogen) atoms. The first-order valence-electron chi connectivity index (χ1n) is 9.20. The number of aromatic nitrogens is 4. The van der Waals surface area contributed by atoms with Crippen LogP contribution in [-0.2, 0) is 30.9 Å². The highest BCUT2D eigenvalue weighted by Crippen LogP contribution is 2.15. The summed E-state index contributed by atoms with van der Waals surface area (Å²) >= 11 is 0. The average molecular weight is 367 g/mol. The SMILES string of the molecule is CN=C(NCc1cc2ccccc2[nH]1)NC1CCc2nc(COC)nn2C1. The van der Waals surface area contributed by atoms with Gasteiger partial charge >= 0.3 is 0 Å². The molecule has 0 bridgehead atoms. The van der Waals surface area contributed by atoms with Gasteiger partial charge in [-0.3, -0.25) is 4.99 Å². The first-order valence-corrected chi connectivity index (χ1v) is 9.20. The molecule has 1 aliphatic heterocycles. The highest BCUT2D eigenvalue weighted by Gasteiger charge is 2.22. The van der Waals surface area contributed by atoms with Gasteiger partial charge in [0.15, 0.2) is 11.8 Å². The fraction of sp³-hybridized carbons (Fsp3) is 0.421. The van der Waals surface area contributed by atoms with Gasteiger partial charge < -0.3 is 20.4 Å². The van der Waals surface area contributed by atoms with Crippen molar-refractivity contribution >= 4 is 16.9 Å². The molecule has 2 aromatic heterocycles. The Morgan fingerprint density at radius 1 is 1.41 bits per heavy atom. The molecule has 3 N–H and O–H groups in total. The number of nitrogens with one attached hydrogen (secondary N) is 3. The molecule has 3 heterocycles. The van der Waals surface area contributed by atoms with Gasteiger partial charge in [0.25, 0.3) is 0 Å². The standard InChI is InChI=1S/C19H25N7O/c1-20-19(21-10-15-9-13-5-3-4-6-16(13)22-15)23-14-7-8-18-24-17(12-27-2)25-26(18)11-14/h3-6,9,14,22H,7-8,10-12H2,1-2H3,(H2,20,21,23). The van der Waals surface area contributed by atoms with Crippen LogP contribution < -0.4 is 10.6 Å². The first-order chi connectivity index (χ1) is 13.2. The maximum absolute atomic E-state index is 5.12. The lowest BCUT2D eigenvalue weighted by Crippen LogP contribution is -2.46. The van der Waals surface area contributed by atoms with Gasteiger partial charge in [0, 0.05) is 37.8 Å². The molecule has 1 unspecified atom stereocenters. The Hall–Kier alpha value is -2.87. The van der Waals surface area contributed by atoms with Gasteiger partial charge in [-0.05, 0) is 23.9 Å². The Kier molecular flexibility index (Phi) is 5.06. The smallest absolute Gasteiger partial charge is 0.191 e. The summed E-state index contributed by atoms with van der Waals surface area (Å²) in [7, 11) is 3.45. The van der Waals surface area contributed by atoms with Crippen LogP contribution in [0.5, 0.6) is 0 Å². The van der Waals surface area contributed by atoms with E-state index in [-0.39, 0.29) is 6.04 Å². The summed E-state index contributed by atoms with van der Waals surface area (Å²) in [6.45, 7) is 1.92. The van der Waals surface area contributed by atoms with E-state index in [4.69, 9.17) is 4.74 Å². The van der Waals surface area contributed by atoms with Gasteiger partial charge in [0.05, 0.1) is 13.1 Å². The lowest BCUT2D eigenvalue weighted by atomic mass is 10.1. The summed E-state index contributed by atoms with van der Waals surface area (Å²) in [5.41, 5.74) is 2.28. The molecule has 0 fully saturated rings. The second-order valence-corrected chi connectivity index (χ2v) is 6.75. The summed E-state index contributed by atoms with van der Waals surface area (Å²) in [6, 6.07) is 10.7. The molecule has 1 aliphatic rings. The number of H-pyrrole nitrogens is 1. The minimum atomic E-state index is 0.267. The summed E-state index contributed by atoms with van der Waals surface area (Å²) in [5.74, 6) is 2.56. The number of methoxy groups -OCH3 is 1. The molecule has 4 rings (SSSR count). The molecular formula is C19H25N7O. The zero-order chi connectivity index (χ0) is 18.6. The minimum Gasteiger partial charge on any atom is -0.377 e. The molecule has 142 valence electrons. The predicted molar refractivity (Wildman–Crippen MR) is 104 cm³/mol. The third-order valence-corrected chi connectivity index (χ3v) is 4.77. The van der Waals surface area contributed by atoms with Crippen molar-refractivity contribution in [2.75, 3.05) is 14.2 Å². The van der Waals surface area contributed by atoms with E-state index in [9.17, 15) is 0 Å². The van der Waals surface area contributed by atoms with Crippen molar-refractivity contribution < 1.29 is 4.74 Å². The van der Waals surface area contributed by atoms with E-state index in [0.29, 0.717) is 13.2 Å². The Labute approximate surface area is 158 Å². The van der Waals surface area contributed by atoms with E-state index < -0.39 is 0 Å². The highest BCUT2D eigenvalue weighted by atomic mass is 16.5. The maximum Gasteiger partial charge on any atom is 0.191 e. The number of aromatic amines is 1. The second-order valence-electron chi connectivity index (χ2n) is 6.75. The molecule has 8 heteroatoms. The number of rotatable bonds is 5. The third-order valence-electron chi connectivity index (χ3n) is 4.77. The van der Waals surface area contributed by atoms with E-state index >= 15 is 0 Å². The summed E-state index contributed by atoms with van der Waals surface area (Å²) in [6.07, 6.45) is 1.89. The molecular weight excluding hydrogens is 342 g/mol. The molecule has 1 aromatic carbocycles. The Balaban J connectivity index is 1.34. The normalized spacial score (nSPS) is 17.1. The van der Waals surface area contributed by atoms with Crippen molar-refractivity contribution in [1.82, 2.24) is 30.4 Å². The molecule has 8 nitrogen and oxygen atoms in total. The Morgan fingerprint density at radius 3 is 3.11 bits per heavy atom. The van der Waals surface area contributed by atoms with Crippen LogP contribution in [0.1, 0.15) is 23.8 Å². The number of hydrogen-bond donors (Lipinski definition) is 3. The number of guanidine groups is 1. The van der Waals surface area contributed by atoms with Gasteiger partial charge in [0.1, 0.15) is 12.4 Å². The van der Waals surface area contributed by atoms with Crippen LogP contribution in [0.25, 0.3) is 10.9 Å². The van der Waals surface area contributed by atoms with E-state index in [1.807, 2.05) is 16.8 Å². The van der Waals surface area contributed by atoms with Crippen molar-refractivity contribution in [2.24, 2.45) is 4.99 Å². The number of nitrogens with zero attached hydrogens (tertiary/aromatic N) is 4. The minimum absolute atomic E-state index is 0.267. The Bertz CT molecular complexity index is 910. The molecule has 1 atom stereocenters. The van der Waals surface area contributed by atoms with Crippen molar-refractivity contribution in [3.05, 3.63) is 47.7 Å². The molecule has 0 saturated carbocycles. The number of hydrogen-bond acceptors (Lipinski definition) is 4. The average Bonchev–Trinajstić information content (AvgIpc) is 3.27. The van der Waals surface area contributed by atoms with E-state index in [0.717, 1.165) is 48.2 Å². The molecule has 0 spiro atoms. The lowest BCUT2D eigenvalue weighted by Gasteiger charge is -2.25.